The molecule has 1 aliphatic rings. The molecule has 0 bridgehead atoms. The van der Waals surface area contributed by atoms with E-state index in [1.807, 2.05) is 0 Å². The highest BCUT2D eigenvalue weighted by Crippen LogP contribution is 2.42. The summed E-state index contributed by atoms with van der Waals surface area (Å²) < 4.78 is 0. The van der Waals surface area contributed by atoms with Gasteiger partial charge in [-0.25, -0.2) is 0 Å². The highest BCUT2D eigenvalue weighted by molar-refractivity contribution is 7.15. The highest BCUT2D eigenvalue weighted by atomic mass is 35.5. The first-order valence-electron chi connectivity index (χ1n) is 5.74. The van der Waals surface area contributed by atoms with Crippen molar-refractivity contribution >= 4 is 45.6 Å². The van der Waals surface area contributed by atoms with Gasteiger partial charge < -0.3 is 0 Å². The van der Waals surface area contributed by atoms with Crippen LogP contribution in [0.2, 0.25) is 10.0 Å². The number of rotatable bonds is 3. The number of benzene rings is 1. The van der Waals surface area contributed by atoms with Gasteiger partial charge in [0.1, 0.15) is 5.01 Å². The summed E-state index contributed by atoms with van der Waals surface area (Å²) in [7, 11) is 0. The van der Waals surface area contributed by atoms with E-state index in [0.717, 1.165) is 17.8 Å². The number of halogens is 2. The largest absolute Gasteiger partial charge is 0.296 e. The second-order valence-electron chi connectivity index (χ2n) is 4.28. The summed E-state index contributed by atoms with van der Waals surface area (Å²) in [6.45, 7) is 0. The van der Waals surface area contributed by atoms with Gasteiger partial charge >= 0.3 is 0 Å². The molecular weight excluding hydrogens is 305 g/mol. The number of amides is 1. The minimum atomic E-state index is -0.328. The van der Waals surface area contributed by atoms with Crippen LogP contribution >= 0.6 is 34.5 Å². The maximum Gasteiger partial charge on any atom is 0.259 e. The van der Waals surface area contributed by atoms with Crippen molar-refractivity contribution in [1.82, 2.24) is 10.2 Å². The van der Waals surface area contributed by atoms with Crippen molar-refractivity contribution in [3.8, 4) is 0 Å². The van der Waals surface area contributed by atoms with Crippen LogP contribution < -0.4 is 5.32 Å². The molecule has 1 N–H and O–H groups in total. The van der Waals surface area contributed by atoms with Crippen LogP contribution in [0.1, 0.15) is 34.1 Å². The molecule has 3 rings (SSSR count). The van der Waals surface area contributed by atoms with Crippen molar-refractivity contribution in [2.45, 2.75) is 18.8 Å². The van der Waals surface area contributed by atoms with Gasteiger partial charge in [0.2, 0.25) is 5.13 Å². The lowest BCUT2D eigenvalue weighted by Gasteiger charge is -2.04. The molecule has 1 heterocycles. The second kappa shape index (κ2) is 5.07. The Bertz CT molecular complexity index is 640. The van der Waals surface area contributed by atoms with Crippen molar-refractivity contribution in [3.05, 3.63) is 38.8 Å². The smallest absolute Gasteiger partial charge is 0.259 e. The lowest BCUT2D eigenvalue weighted by Crippen LogP contribution is -2.12. The van der Waals surface area contributed by atoms with Gasteiger partial charge in [-0.1, -0.05) is 40.6 Å². The van der Waals surface area contributed by atoms with E-state index in [4.69, 9.17) is 23.2 Å². The predicted molar refractivity (Wildman–Crippen MR) is 76.3 cm³/mol. The van der Waals surface area contributed by atoms with E-state index in [0.29, 0.717) is 21.6 Å². The number of anilines is 1. The molecule has 0 atom stereocenters. The molecule has 0 aliphatic heterocycles. The fraction of sp³-hybridized carbons (Fsp3) is 0.250. The first-order valence-corrected chi connectivity index (χ1v) is 7.31. The maximum atomic E-state index is 12.1. The van der Waals surface area contributed by atoms with E-state index in [9.17, 15) is 4.79 Å². The molecule has 0 spiro atoms. The minimum Gasteiger partial charge on any atom is -0.296 e. The number of aromatic nitrogens is 2. The topological polar surface area (TPSA) is 54.9 Å². The monoisotopic (exact) mass is 313 g/mol. The lowest BCUT2D eigenvalue weighted by molar-refractivity contribution is 0.102. The molecule has 1 fully saturated rings. The van der Waals surface area contributed by atoms with Gasteiger partial charge in [0.25, 0.3) is 5.91 Å². The van der Waals surface area contributed by atoms with E-state index in [2.05, 4.69) is 15.5 Å². The first kappa shape index (κ1) is 12.8. The van der Waals surface area contributed by atoms with E-state index in [1.165, 1.54) is 11.3 Å². The first-order chi connectivity index (χ1) is 9.15. The molecule has 1 aromatic carbocycles. The fourth-order valence-electron chi connectivity index (χ4n) is 1.62. The zero-order chi connectivity index (χ0) is 13.4. The van der Waals surface area contributed by atoms with Crippen molar-refractivity contribution < 1.29 is 4.79 Å². The quantitative estimate of drug-likeness (QED) is 0.932. The molecule has 1 aliphatic carbocycles. The summed E-state index contributed by atoms with van der Waals surface area (Å²) in [4.78, 5) is 12.1. The Morgan fingerprint density at radius 3 is 2.84 bits per heavy atom. The van der Waals surface area contributed by atoms with Crippen molar-refractivity contribution in [2.75, 3.05) is 5.32 Å². The number of nitrogens with zero attached hydrogens (tertiary/aromatic N) is 2. The van der Waals surface area contributed by atoms with E-state index in [1.54, 1.807) is 18.2 Å². The van der Waals surface area contributed by atoms with Crippen LogP contribution in [-0.4, -0.2) is 16.1 Å². The second-order valence-corrected chi connectivity index (χ2v) is 6.07. The van der Waals surface area contributed by atoms with Gasteiger partial charge in [-0.2, -0.15) is 0 Å². The standard InChI is InChI=1S/C12H9Cl2N3OS/c13-8-3-1-2-7(9(8)14)10(18)15-12-17-16-11(19-12)6-4-5-6/h1-3,6H,4-5H2,(H,15,17,18). The minimum absolute atomic E-state index is 0.244. The Hall–Kier alpha value is -1.17. The normalized spacial score (nSPS) is 14.4. The van der Waals surface area contributed by atoms with Gasteiger partial charge in [0.15, 0.2) is 0 Å². The average molecular weight is 314 g/mol. The average Bonchev–Trinajstić information content (AvgIpc) is 3.14. The Morgan fingerprint density at radius 2 is 2.11 bits per heavy atom. The van der Waals surface area contributed by atoms with E-state index in [-0.39, 0.29) is 10.9 Å². The molecule has 0 unspecified atom stereocenters. The molecule has 2 aromatic rings. The number of carbonyl (C=O) groups is 1. The molecule has 1 aromatic heterocycles. The van der Waals surface area contributed by atoms with Crippen LogP contribution in [0, 0.1) is 0 Å². The third-order valence-corrected chi connectivity index (χ3v) is 4.60. The maximum absolute atomic E-state index is 12.1. The van der Waals surface area contributed by atoms with Gasteiger partial charge in [0, 0.05) is 5.92 Å². The zero-order valence-corrected chi connectivity index (χ0v) is 12.0. The molecule has 1 amide bonds. The summed E-state index contributed by atoms with van der Waals surface area (Å²) in [5.41, 5.74) is 0.331. The molecule has 98 valence electrons. The molecule has 0 radical (unpaired) electrons. The van der Waals surface area contributed by atoms with Crippen LogP contribution in [0.5, 0.6) is 0 Å². The summed E-state index contributed by atoms with van der Waals surface area (Å²) in [5, 5.41) is 12.8. The lowest BCUT2D eigenvalue weighted by atomic mass is 10.2. The molecule has 4 nitrogen and oxygen atoms in total. The van der Waals surface area contributed by atoms with Crippen molar-refractivity contribution in [1.29, 1.82) is 0 Å². The van der Waals surface area contributed by atoms with Crippen LogP contribution in [0.15, 0.2) is 18.2 Å². The number of nitrogens with one attached hydrogen (secondary N) is 1. The number of hydrogen-bond donors (Lipinski definition) is 1. The van der Waals surface area contributed by atoms with Crippen LogP contribution in [-0.2, 0) is 0 Å². The Morgan fingerprint density at radius 1 is 1.32 bits per heavy atom. The Balaban J connectivity index is 1.78. The Labute approximate surface area is 123 Å². The highest BCUT2D eigenvalue weighted by Gasteiger charge is 2.27. The Kier molecular flexibility index (Phi) is 3.43. The van der Waals surface area contributed by atoms with Crippen LogP contribution in [0.3, 0.4) is 0 Å². The van der Waals surface area contributed by atoms with E-state index >= 15 is 0 Å². The third kappa shape index (κ3) is 2.73. The fourth-order valence-corrected chi connectivity index (χ4v) is 2.92. The SMILES string of the molecule is O=C(Nc1nnc(C2CC2)s1)c1cccc(Cl)c1Cl. The van der Waals surface area contributed by atoms with Gasteiger partial charge in [-0.15, -0.1) is 10.2 Å². The number of carbonyl (C=O) groups excluding carboxylic acids is 1. The van der Waals surface area contributed by atoms with Gasteiger partial charge in [-0.3, -0.25) is 10.1 Å². The van der Waals surface area contributed by atoms with Crippen LogP contribution in [0.25, 0.3) is 0 Å². The molecule has 19 heavy (non-hydrogen) atoms. The summed E-state index contributed by atoms with van der Waals surface area (Å²) >= 11 is 13.3. The summed E-state index contributed by atoms with van der Waals surface area (Å²) in [6.07, 6.45) is 2.31. The molecule has 7 heteroatoms. The van der Waals surface area contributed by atoms with Crippen LogP contribution in [0.4, 0.5) is 5.13 Å². The van der Waals surface area contributed by atoms with E-state index < -0.39 is 0 Å². The summed E-state index contributed by atoms with van der Waals surface area (Å²) in [5.74, 6) is 0.198. The number of hydrogen-bond acceptors (Lipinski definition) is 4. The summed E-state index contributed by atoms with van der Waals surface area (Å²) in [6, 6.07) is 4.93. The third-order valence-electron chi connectivity index (χ3n) is 2.78. The van der Waals surface area contributed by atoms with Crippen molar-refractivity contribution in [2.24, 2.45) is 0 Å². The molecule has 1 saturated carbocycles. The van der Waals surface area contributed by atoms with Gasteiger partial charge in [0.05, 0.1) is 15.6 Å². The predicted octanol–water partition coefficient (Wildman–Crippen LogP) is 3.97. The molecular formula is C12H9Cl2N3OS. The zero-order valence-electron chi connectivity index (χ0n) is 9.69. The van der Waals surface area contributed by atoms with Gasteiger partial charge in [-0.05, 0) is 25.0 Å². The van der Waals surface area contributed by atoms with Crippen molar-refractivity contribution in [3.63, 3.8) is 0 Å². The molecule has 0 saturated heterocycles.